The lowest BCUT2D eigenvalue weighted by Crippen LogP contribution is -2.47. The van der Waals surface area contributed by atoms with E-state index in [-0.39, 0.29) is 11.8 Å². The van der Waals surface area contributed by atoms with E-state index in [4.69, 9.17) is 4.74 Å². The normalized spacial score (nSPS) is 17.6. The Morgan fingerprint density at radius 3 is 2.71 bits per heavy atom. The fraction of sp³-hybridized carbons (Fsp3) is 0.120. The molecule has 1 atom stereocenters. The number of carbonyl (C=O) groups is 1. The predicted octanol–water partition coefficient (Wildman–Crippen LogP) is 5.51. The van der Waals surface area contributed by atoms with Gasteiger partial charge in [0, 0.05) is 21.5 Å². The molecule has 0 saturated carbocycles. The van der Waals surface area contributed by atoms with Gasteiger partial charge < -0.3 is 15.4 Å². The molecule has 6 rings (SSSR count). The Hall–Kier alpha value is -3.43. The number of fused-ring (bicyclic) bond motifs is 5. The summed E-state index contributed by atoms with van der Waals surface area (Å²) in [4.78, 5) is 18.0. The zero-order chi connectivity index (χ0) is 23.3. The SMILES string of the molecule is Cc1ccc(CSc2nnc3c(n2)OC2(Nc4ccccc4-3)C(=O)Nc3ccc(Br)cc32)cc1. The van der Waals surface area contributed by atoms with E-state index in [0.717, 1.165) is 15.6 Å². The molecule has 2 aliphatic heterocycles. The van der Waals surface area contributed by atoms with Gasteiger partial charge in [-0.3, -0.25) is 4.79 Å². The molecule has 3 heterocycles. The molecule has 1 spiro atoms. The van der Waals surface area contributed by atoms with Crippen molar-refractivity contribution in [3.8, 4) is 17.1 Å². The number of ether oxygens (including phenoxy) is 1. The number of amides is 1. The molecule has 0 radical (unpaired) electrons. The summed E-state index contributed by atoms with van der Waals surface area (Å²) in [7, 11) is 0. The van der Waals surface area contributed by atoms with Gasteiger partial charge in [-0.15, -0.1) is 10.2 Å². The van der Waals surface area contributed by atoms with E-state index in [0.29, 0.717) is 33.5 Å². The van der Waals surface area contributed by atoms with Crippen molar-refractivity contribution in [1.29, 1.82) is 0 Å². The van der Waals surface area contributed by atoms with Gasteiger partial charge in [0.25, 0.3) is 11.6 Å². The molecule has 1 unspecified atom stereocenters. The molecule has 9 heteroatoms. The van der Waals surface area contributed by atoms with Gasteiger partial charge in [0.05, 0.1) is 11.3 Å². The zero-order valence-electron chi connectivity index (χ0n) is 18.0. The lowest BCUT2D eigenvalue weighted by molar-refractivity contribution is -0.128. The molecular formula is C25H18BrN5O2S. The van der Waals surface area contributed by atoms with Gasteiger partial charge >= 0.3 is 0 Å². The quantitative estimate of drug-likeness (QED) is 0.337. The third-order valence-corrected chi connectivity index (χ3v) is 7.20. The van der Waals surface area contributed by atoms with Crippen molar-refractivity contribution in [2.45, 2.75) is 23.6 Å². The number of para-hydroxylation sites is 1. The Morgan fingerprint density at radius 1 is 1.03 bits per heavy atom. The van der Waals surface area contributed by atoms with Gasteiger partial charge in [0.15, 0.2) is 5.69 Å². The largest absolute Gasteiger partial charge is 0.435 e. The maximum atomic E-state index is 13.3. The standard InChI is InChI=1S/C25H18BrN5O2S/c1-14-6-8-15(9-7-14)13-34-24-28-22-21(30-31-24)17-4-2-3-5-19(17)29-25(33-22)18-12-16(26)10-11-20(18)27-23(25)32/h2-12,29H,13H2,1H3,(H,27,32). The van der Waals surface area contributed by atoms with Crippen LogP contribution in [0, 0.1) is 6.92 Å². The average molecular weight is 532 g/mol. The van der Waals surface area contributed by atoms with E-state index in [9.17, 15) is 4.79 Å². The third-order valence-electron chi connectivity index (χ3n) is 5.80. The van der Waals surface area contributed by atoms with E-state index in [1.165, 1.54) is 17.3 Å². The third kappa shape index (κ3) is 3.52. The second-order valence-corrected chi connectivity index (χ2v) is 9.98. The Labute approximate surface area is 208 Å². The number of benzene rings is 3. The molecule has 7 nitrogen and oxygen atoms in total. The monoisotopic (exact) mass is 531 g/mol. The molecule has 34 heavy (non-hydrogen) atoms. The van der Waals surface area contributed by atoms with Gasteiger partial charge in [-0.1, -0.05) is 75.7 Å². The van der Waals surface area contributed by atoms with Crippen LogP contribution in [0.5, 0.6) is 5.88 Å². The number of hydrogen-bond acceptors (Lipinski definition) is 7. The summed E-state index contributed by atoms with van der Waals surface area (Å²) in [5, 5.41) is 15.5. The molecule has 168 valence electrons. The topological polar surface area (TPSA) is 89.0 Å². The number of anilines is 2. The number of aryl methyl sites for hydroxylation is 1. The van der Waals surface area contributed by atoms with Gasteiger partial charge in [-0.2, -0.15) is 4.98 Å². The Kier molecular flexibility index (Phi) is 5.04. The van der Waals surface area contributed by atoms with Crippen molar-refractivity contribution in [2.24, 2.45) is 0 Å². The molecule has 3 aromatic carbocycles. The summed E-state index contributed by atoms with van der Waals surface area (Å²) in [6, 6.07) is 21.5. The Balaban J connectivity index is 1.44. The maximum Gasteiger partial charge on any atom is 0.295 e. The number of halogens is 1. The van der Waals surface area contributed by atoms with Crippen LogP contribution in [0.1, 0.15) is 16.7 Å². The number of carbonyl (C=O) groups excluding carboxylic acids is 1. The molecule has 0 fully saturated rings. The predicted molar refractivity (Wildman–Crippen MR) is 135 cm³/mol. The number of rotatable bonds is 3. The summed E-state index contributed by atoms with van der Waals surface area (Å²) >= 11 is 4.98. The van der Waals surface area contributed by atoms with Crippen LogP contribution in [0.2, 0.25) is 0 Å². The highest BCUT2D eigenvalue weighted by atomic mass is 79.9. The van der Waals surface area contributed by atoms with Crippen LogP contribution in [0.4, 0.5) is 11.4 Å². The summed E-state index contributed by atoms with van der Waals surface area (Å²) < 4.78 is 7.25. The number of thioether (sulfide) groups is 1. The highest BCUT2D eigenvalue weighted by molar-refractivity contribution is 9.10. The van der Waals surface area contributed by atoms with Crippen LogP contribution in [0.15, 0.2) is 76.4 Å². The summed E-state index contributed by atoms with van der Waals surface area (Å²) in [5.74, 6) is 0.620. The minimum Gasteiger partial charge on any atom is -0.435 e. The second-order valence-electron chi connectivity index (χ2n) is 8.12. The Bertz CT molecular complexity index is 1450. The van der Waals surface area contributed by atoms with Gasteiger partial charge in [-0.05, 0) is 36.8 Å². The molecule has 0 aliphatic carbocycles. The highest BCUT2D eigenvalue weighted by Crippen LogP contribution is 2.47. The molecule has 1 aromatic heterocycles. The highest BCUT2D eigenvalue weighted by Gasteiger charge is 2.52. The zero-order valence-corrected chi connectivity index (χ0v) is 20.4. The first-order chi connectivity index (χ1) is 16.5. The van der Waals surface area contributed by atoms with Crippen molar-refractivity contribution in [1.82, 2.24) is 15.2 Å². The molecule has 0 bridgehead atoms. The van der Waals surface area contributed by atoms with E-state index in [1.54, 1.807) is 0 Å². The van der Waals surface area contributed by atoms with Crippen LogP contribution in [-0.2, 0) is 16.3 Å². The lowest BCUT2D eigenvalue weighted by Gasteiger charge is -2.28. The van der Waals surface area contributed by atoms with E-state index >= 15 is 0 Å². The van der Waals surface area contributed by atoms with Crippen LogP contribution in [0.3, 0.4) is 0 Å². The number of aromatic nitrogens is 3. The molecule has 2 N–H and O–H groups in total. The number of hydrogen-bond donors (Lipinski definition) is 2. The van der Waals surface area contributed by atoms with E-state index in [1.807, 2.05) is 42.5 Å². The van der Waals surface area contributed by atoms with Crippen molar-refractivity contribution in [3.63, 3.8) is 0 Å². The van der Waals surface area contributed by atoms with Gasteiger partial charge in [-0.25, -0.2) is 0 Å². The van der Waals surface area contributed by atoms with Gasteiger partial charge in [0.1, 0.15) is 0 Å². The van der Waals surface area contributed by atoms with Gasteiger partial charge in [0.2, 0.25) is 11.0 Å². The average Bonchev–Trinajstić information content (AvgIpc) is 3.00. The molecule has 0 saturated heterocycles. The minimum absolute atomic E-state index is 0.252. The number of nitrogens with one attached hydrogen (secondary N) is 2. The first-order valence-electron chi connectivity index (χ1n) is 10.6. The van der Waals surface area contributed by atoms with Crippen LogP contribution < -0.4 is 15.4 Å². The smallest absolute Gasteiger partial charge is 0.295 e. The van der Waals surface area contributed by atoms with Crippen LogP contribution in [-0.4, -0.2) is 21.1 Å². The Morgan fingerprint density at radius 2 is 1.85 bits per heavy atom. The number of nitrogens with zero attached hydrogens (tertiary/aromatic N) is 3. The molecular weight excluding hydrogens is 514 g/mol. The summed E-state index contributed by atoms with van der Waals surface area (Å²) in [6.07, 6.45) is 0. The first kappa shape index (κ1) is 21.1. The van der Waals surface area contributed by atoms with E-state index in [2.05, 4.69) is 72.9 Å². The molecule has 1 amide bonds. The van der Waals surface area contributed by atoms with Crippen molar-refractivity contribution in [2.75, 3.05) is 10.6 Å². The molecule has 4 aromatic rings. The summed E-state index contributed by atoms with van der Waals surface area (Å²) in [6.45, 7) is 2.06. The second kappa shape index (κ2) is 8.11. The minimum atomic E-state index is -1.49. The maximum absolute atomic E-state index is 13.3. The van der Waals surface area contributed by atoms with Crippen LogP contribution in [0.25, 0.3) is 11.3 Å². The fourth-order valence-corrected chi connectivity index (χ4v) is 5.16. The lowest BCUT2D eigenvalue weighted by atomic mass is 10.0. The van der Waals surface area contributed by atoms with Crippen molar-refractivity contribution in [3.05, 3.63) is 87.9 Å². The van der Waals surface area contributed by atoms with Crippen molar-refractivity contribution >= 4 is 45.0 Å². The fourth-order valence-electron chi connectivity index (χ4n) is 4.06. The van der Waals surface area contributed by atoms with Crippen LogP contribution >= 0.6 is 27.7 Å². The molecule has 2 aliphatic rings. The first-order valence-corrected chi connectivity index (χ1v) is 12.4. The van der Waals surface area contributed by atoms with E-state index < -0.39 is 5.72 Å². The summed E-state index contributed by atoms with van der Waals surface area (Å²) in [5.41, 5.74) is 4.18. The van der Waals surface area contributed by atoms with Crippen molar-refractivity contribution < 1.29 is 9.53 Å².